The van der Waals surface area contributed by atoms with Crippen molar-refractivity contribution in [1.82, 2.24) is 5.43 Å². The van der Waals surface area contributed by atoms with E-state index in [0.717, 1.165) is 23.5 Å². The van der Waals surface area contributed by atoms with Crippen LogP contribution in [0.25, 0.3) is 0 Å². The van der Waals surface area contributed by atoms with Crippen molar-refractivity contribution >= 4 is 0 Å². The Morgan fingerprint density at radius 1 is 1.00 bits per heavy atom. The lowest BCUT2D eigenvalue weighted by molar-refractivity contribution is 0.412. The summed E-state index contributed by atoms with van der Waals surface area (Å²) < 4.78 is 10.4. The van der Waals surface area contributed by atoms with Crippen LogP contribution < -0.4 is 20.7 Å². The number of nitrogens with two attached hydrogens (primary N) is 1. The number of ether oxygens (including phenoxy) is 2. The van der Waals surface area contributed by atoms with Crippen molar-refractivity contribution in [2.24, 2.45) is 5.84 Å². The van der Waals surface area contributed by atoms with Crippen molar-refractivity contribution in [1.29, 1.82) is 0 Å². The topological polar surface area (TPSA) is 56.5 Å². The van der Waals surface area contributed by atoms with Gasteiger partial charge in [-0.05, 0) is 41.8 Å². The molecule has 2 rings (SSSR count). The number of benzene rings is 2. The Morgan fingerprint density at radius 2 is 1.70 bits per heavy atom. The molecule has 3 N–H and O–H groups in total. The molecule has 0 aromatic heterocycles. The molecule has 2 aromatic rings. The third kappa shape index (κ3) is 3.50. The van der Waals surface area contributed by atoms with Gasteiger partial charge < -0.3 is 9.47 Å². The highest BCUT2D eigenvalue weighted by Crippen LogP contribution is 2.22. The minimum Gasteiger partial charge on any atom is -0.497 e. The highest BCUT2D eigenvalue weighted by atomic mass is 16.5. The van der Waals surface area contributed by atoms with Crippen molar-refractivity contribution in [2.75, 3.05) is 14.2 Å². The molecule has 0 aliphatic heterocycles. The Hall–Kier alpha value is -2.04. The second-order valence-electron chi connectivity index (χ2n) is 4.55. The quantitative estimate of drug-likeness (QED) is 0.626. The molecule has 0 fully saturated rings. The summed E-state index contributed by atoms with van der Waals surface area (Å²) in [5, 5.41) is 0. The molecule has 1 unspecified atom stereocenters. The van der Waals surface area contributed by atoms with Gasteiger partial charge in [-0.3, -0.25) is 11.3 Å². The van der Waals surface area contributed by atoms with E-state index in [1.54, 1.807) is 14.2 Å². The lowest BCUT2D eigenvalue weighted by Crippen LogP contribution is -2.29. The summed E-state index contributed by atoms with van der Waals surface area (Å²) in [7, 11) is 3.32. The third-order valence-electron chi connectivity index (χ3n) is 3.30. The fraction of sp³-hybridized carbons (Fsp3) is 0.250. The summed E-state index contributed by atoms with van der Waals surface area (Å²) in [5.74, 6) is 7.37. The molecule has 0 spiro atoms. The summed E-state index contributed by atoms with van der Waals surface area (Å²) in [5.41, 5.74) is 5.15. The zero-order valence-electron chi connectivity index (χ0n) is 11.8. The fourth-order valence-corrected chi connectivity index (χ4v) is 2.13. The Balaban J connectivity index is 2.14. The van der Waals surface area contributed by atoms with E-state index in [1.807, 2.05) is 48.5 Å². The Morgan fingerprint density at radius 3 is 2.30 bits per heavy atom. The lowest BCUT2D eigenvalue weighted by Gasteiger charge is -2.17. The molecule has 0 heterocycles. The predicted octanol–water partition coefficient (Wildman–Crippen LogP) is 2.45. The van der Waals surface area contributed by atoms with Gasteiger partial charge in [0.15, 0.2) is 0 Å². The van der Waals surface area contributed by atoms with Gasteiger partial charge in [-0.25, -0.2) is 0 Å². The monoisotopic (exact) mass is 272 g/mol. The Kier molecular flexibility index (Phi) is 4.98. The van der Waals surface area contributed by atoms with E-state index >= 15 is 0 Å². The van der Waals surface area contributed by atoms with Crippen LogP contribution >= 0.6 is 0 Å². The number of nitrogens with one attached hydrogen (secondary N) is 1. The average molecular weight is 272 g/mol. The molecule has 4 heteroatoms. The molecule has 0 saturated carbocycles. The highest BCUT2D eigenvalue weighted by Gasteiger charge is 2.11. The third-order valence-corrected chi connectivity index (χ3v) is 3.30. The first-order chi connectivity index (χ1) is 9.76. The first-order valence-corrected chi connectivity index (χ1v) is 6.50. The van der Waals surface area contributed by atoms with E-state index in [4.69, 9.17) is 15.3 Å². The van der Waals surface area contributed by atoms with Gasteiger partial charge in [0.1, 0.15) is 11.5 Å². The van der Waals surface area contributed by atoms with Crippen LogP contribution in [0.5, 0.6) is 11.5 Å². The van der Waals surface area contributed by atoms with E-state index in [1.165, 1.54) is 5.56 Å². The number of hydrogen-bond acceptors (Lipinski definition) is 4. The van der Waals surface area contributed by atoms with Gasteiger partial charge in [-0.2, -0.15) is 0 Å². The van der Waals surface area contributed by atoms with Crippen LogP contribution in [0, 0.1) is 0 Å². The van der Waals surface area contributed by atoms with Gasteiger partial charge in [0.25, 0.3) is 0 Å². The molecule has 2 aromatic carbocycles. The highest BCUT2D eigenvalue weighted by molar-refractivity contribution is 5.33. The fourth-order valence-electron chi connectivity index (χ4n) is 2.13. The maximum atomic E-state index is 5.68. The van der Waals surface area contributed by atoms with Gasteiger partial charge in [0.2, 0.25) is 0 Å². The second-order valence-corrected chi connectivity index (χ2v) is 4.55. The zero-order chi connectivity index (χ0) is 14.4. The molecular formula is C16H20N2O2. The van der Waals surface area contributed by atoms with Crippen molar-refractivity contribution in [3.63, 3.8) is 0 Å². The Labute approximate surface area is 119 Å². The van der Waals surface area contributed by atoms with Crippen LogP contribution in [0.15, 0.2) is 48.5 Å². The van der Waals surface area contributed by atoms with E-state index in [2.05, 4.69) is 5.43 Å². The van der Waals surface area contributed by atoms with Crippen LogP contribution in [0.4, 0.5) is 0 Å². The van der Waals surface area contributed by atoms with Gasteiger partial charge in [0.05, 0.1) is 20.3 Å². The number of hydrogen-bond donors (Lipinski definition) is 2. The normalized spacial score (nSPS) is 11.9. The summed E-state index contributed by atoms with van der Waals surface area (Å²) in [6.07, 6.45) is 0.799. The molecule has 106 valence electrons. The summed E-state index contributed by atoms with van der Waals surface area (Å²) in [4.78, 5) is 0. The first kappa shape index (κ1) is 14.4. The smallest absolute Gasteiger partial charge is 0.119 e. The van der Waals surface area contributed by atoms with Crippen molar-refractivity contribution in [3.05, 3.63) is 59.7 Å². The molecule has 0 saturated heterocycles. The van der Waals surface area contributed by atoms with Crippen LogP contribution in [-0.4, -0.2) is 14.2 Å². The standard InChI is InChI=1S/C16H20N2O2/c1-19-14-8-6-12(7-9-14)10-16(18-17)13-4-3-5-15(11-13)20-2/h3-9,11,16,18H,10,17H2,1-2H3. The number of rotatable bonds is 6. The molecule has 20 heavy (non-hydrogen) atoms. The molecule has 0 aliphatic rings. The van der Waals surface area contributed by atoms with Crippen molar-refractivity contribution < 1.29 is 9.47 Å². The summed E-state index contributed by atoms with van der Waals surface area (Å²) >= 11 is 0. The SMILES string of the molecule is COc1ccc(CC(NN)c2cccc(OC)c2)cc1. The van der Waals surface area contributed by atoms with E-state index in [9.17, 15) is 0 Å². The van der Waals surface area contributed by atoms with Gasteiger partial charge in [-0.15, -0.1) is 0 Å². The van der Waals surface area contributed by atoms with Crippen molar-refractivity contribution in [2.45, 2.75) is 12.5 Å². The zero-order valence-corrected chi connectivity index (χ0v) is 11.8. The summed E-state index contributed by atoms with van der Waals surface area (Å²) in [6.45, 7) is 0. The second kappa shape index (κ2) is 6.93. The molecule has 0 aliphatic carbocycles. The largest absolute Gasteiger partial charge is 0.497 e. The molecule has 0 amide bonds. The Bertz CT molecular complexity index is 540. The number of methoxy groups -OCH3 is 2. The van der Waals surface area contributed by atoms with Gasteiger partial charge in [-0.1, -0.05) is 24.3 Å². The van der Waals surface area contributed by atoms with E-state index in [0.29, 0.717) is 0 Å². The lowest BCUT2D eigenvalue weighted by atomic mass is 9.99. The predicted molar refractivity (Wildman–Crippen MR) is 79.8 cm³/mol. The molecule has 0 radical (unpaired) electrons. The van der Waals surface area contributed by atoms with Crippen LogP contribution in [0.3, 0.4) is 0 Å². The molecular weight excluding hydrogens is 252 g/mol. The molecule has 1 atom stereocenters. The maximum absolute atomic E-state index is 5.68. The molecule has 4 nitrogen and oxygen atoms in total. The van der Waals surface area contributed by atoms with Gasteiger partial charge >= 0.3 is 0 Å². The summed E-state index contributed by atoms with van der Waals surface area (Å²) in [6, 6.07) is 16.0. The molecule has 0 bridgehead atoms. The van der Waals surface area contributed by atoms with E-state index < -0.39 is 0 Å². The minimum atomic E-state index is 0.0403. The number of hydrazine groups is 1. The maximum Gasteiger partial charge on any atom is 0.119 e. The van der Waals surface area contributed by atoms with Crippen LogP contribution in [0.2, 0.25) is 0 Å². The van der Waals surface area contributed by atoms with Crippen LogP contribution in [-0.2, 0) is 6.42 Å². The van der Waals surface area contributed by atoms with Crippen molar-refractivity contribution in [3.8, 4) is 11.5 Å². The average Bonchev–Trinajstić information content (AvgIpc) is 2.53. The van der Waals surface area contributed by atoms with Crippen LogP contribution in [0.1, 0.15) is 17.2 Å². The first-order valence-electron chi connectivity index (χ1n) is 6.50. The van der Waals surface area contributed by atoms with Gasteiger partial charge in [0, 0.05) is 0 Å². The minimum absolute atomic E-state index is 0.0403. The van der Waals surface area contributed by atoms with E-state index in [-0.39, 0.29) is 6.04 Å².